The average Bonchev–Trinajstić information content (AvgIpc) is 1.96. The van der Waals surface area contributed by atoms with Gasteiger partial charge in [-0.1, -0.05) is 0 Å². The Morgan fingerprint density at radius 2 is 1.00 bits per heavy atom. The van der Waals surface area contributed by atoms with E-state index in [2.05, 4.69) is 76.7 Å². The van der Waals surface area contributed by atoms with Crippen molar-refractivity contribution in [3.63, 3.8) is 0 Å². The molecule has 0 saturated heterocycles. The van der Waals surface area contributed by atoms with E-state index in [0.29, 0.717) is 0 Å². The Kier molecular flexibility index (Phi) is 5.48. The Labute approximate surface area is 100 Å². The molecule has 93 valence electrons. The van der Waals surface area contributed by atoms with Gasteiger partial charge in [-0.05, 0) is 0 Å². The van der Waals surface area contributed by atoms with Crippen LogP contribution >= 0.6 is 0 Å². The van der Waals surface area contributed by atoms with Gasteiger partial charge in [-0.25, -0.2) is 0 Å². The van der Waals surface area contributed by atoms with E-state index in [-0.39, 0.29) is 5.54 Å². The number of hydrogen-bond acceptors (Lipinski definition) is 4. The fraction of sp³-hybridized carbons (Fsp3) is 1.00. The number of nitrogens with one attached hydrogen (secondary N) is 1. The molecule has 15 heavy (non-hydrogen) atoms. The molecule has 0 amide bonds. The number of nitrogens with zero attached hydrogens (tertiary/aromatic N) is 3. The van der Waals surface area contributed by atoms with Gasteiger partial charge in [-0.2, -0.15) is 0 Å². The normalized spacial score (nSPS) is 14.4. The predicted molar refractivity (Wildman–Crippen MR) is 63.9 cm³/mol. The molecule has 0 heterocycles. The van der Waals surface area contributed by atoms with Crippen molar-refractivity contribution in [2.45, 2.75) is 26.3 Å². The van der Waals surface area contributed by atoms with Crippen LogP contribution in [0.1, 0.15) is 20.8 Å². The van der Waals surface area contributed by atoms with E-state index in [4.69, 9.17) is 0 Å². The van der Waals surface area contributed by atoms with E-state index in [0.717, 1.165) is 0 Å². The van der Waals surface area contributed by atoms with Crippen molar-refractivity contribution in [3.8, 4) is 0 Å². The molecule has 0 rings (SSSR count). The summed E-state index contributed by atoms with van der Waals surface area (Å²) < 4.78 is 11.0. The van der Waals surface area contributed by atoms with Crippen LogP contribution in [-0.4, -0.2) is 57.7 Å². The zero-order valence-corrected chi connectivity index (χ0v) is 15.0. The minimum atomic E-state index is -2.82. The molecule has 1 N–H and O–H groups in total. The molecule has 0 aromatic rings. The monoisotopic (exact) mass is 385 g/mol. The van der Waals surface area contributed by atoms with Gasteiger partial charge in [0.1, 0.15) is 0 Å². The molecule has 0 atom stereocenters. The van der Waals surface area contributed by atoms with Crippen LogP contribution in [-0.2, 0) is 18.2 Å². The van der Waals surface area contributed by atoms with E-state index in [1.807, 2.05) is 0 Å². The van der Waals surface area contributed by atoms with E-state index >= 15 is 0 Å². The van der Waals surface area contributed by atoms with E-state index in [1.54, 1.807) is 0 Å². The van der Waals surface area contributed by atoms with Gasteiger partial charge in [0.25, 0.3) is 0 Å². The fourth-order valence-corrected chi connectivity index (χ4v) is 14.9. The Bertz CT molecular complexity index is 174. The van der Waals surface area contributed by atoms with E-state index < -0.39 is 18.2 Å². The molecule has 0 aliphatic rings. The van der Waals surface area contributed by atoms with Crippen LogP contribution in [0.3, 0.4) is 0 Å². The van der Waals surface area contributed by atoms with Crippen LogP contribution in [0.2, 0.25) is 0 Å². The third-order valence-electron chi connectivity index (χ3n) is 2.16. The molecule has 0 aromatic heterocycles. The van der Waals surface area contributed by atoms with Gasteiger partial charge >= 0.3 is 100 Å². The number of hydrogen-bond donors (Lipinski definition) is 1. The van der Waals surface area contributed by atoms with Crippen LogP contribution < -0.4 is 3.72 Å². The van der Waals surface area contributed by atoms with Gasteiger partial charge in [0.15, 0.2) is 0 Å². The zero-order chi connectivity index (χ0) is 12.4. The molecule has 5 heteroatoms. The Morgan fingerprint density at radius 3 is 1.07 bits per heavy atom. The minimum absolute atomic E-state index is 0.150. The Morgan fingerprint density at radius 1 is 0.733 bits per heavy atom. The molecule has 0 bridgehead atoms. The standard InChI is InChI=1S/C4H10N.3C2H6N.Ta/c1-4(2,3)5;3*1-3-2;/h5H,1-3H3;3*1-2H3;/q4*-1;+4. The zero-order valence-electron chi connectivity index (χ0n) is 11.8. The second-order valence-corrected chi connectivity index (χ2v) is 19.0. The van der Waals surface area contributed by atoms with Crippen molar-refractivity contribution in [2.75, 3.05) is 42.3 Å². The molecular weight excluding hydrogens is 357 g/mol. The first kappa shape index (κ1) is 15.6. The van der Waals surface area contributed by atoms with Crippen molar-refractivity contribution >= 4 is 0 Å². The first-order valence-electron chi connectivity index (χ1n) is 5.26. The van der Waals surface area contributed by atoms with E-state index in [9.17, 15) is 0 Å². The summed E-state index contributed by atoms with van der Waals surface area (Å²) in [7, 11) is 13.1. The summed E-state index contributed by atoms with van der Waals surface area (Å²) in [6.45, 7) is 6.70. The van der Waals surface area contributed by atoms with Crippen LogP contribution in [0, 0.1) is 0 Å². The molecule has 0 aliphatic heterocycles. The maximum absolute atomic E-state index is 3.86. The van der Waals surface area contributed by atoms with Gasteiger partial charge in [-0.3, -0.25) is 0 Å². The van der Waals surface area contributed by atoms with Gasteiger partial charge in [-0.15, -0.1) is 0 Å². The summed E-state index contributed by atoms with van der Waals surface area (Å²) in [6, 6.07) is 0. The SMILES string of the molecule is C[N](C)[Ta]([NH]C(C)(C)C)([N](C)C)[N](C)C. The quantitative estimate of drug-likeness (QED) is 0.776. The van der Waals surface area contributed by atoms with Crippen molar-refractivity contribution in [1.29, 1.82) is 0 Å². The topological polar surface area (TPSA) is 21.8 Å². The maximum atomic E-state index is 3.86. The molecule has 0 aromatic carbocycles. The summed E-state index contributed by atoms with van der Waals surface area (Å²) in [5, 5.41) is 0. The van der Waals surface area contributed by atoms with Crippen molar-refractivity contribution in [1.82, 2.24) is 13.6 Å². The number of rotatable bonds is 4. The third kappa shape index (κ3) is 3.82. The third-order valence-corrected chi connectivity index (χ3v) is 17.7. The van der Waals surface area contributed by atoms with E-state index in [1.165, 1.54) is 0 Å². The average molecular weight is 385 g/mol. The summed E-state index contributed by atoms with van der Waals surface area (Å²) >= 11 is -2.82. The molecule has 0 unspecified atom stereocenters. The first-order chi connectivity index (χ1) is 6.54. The molecule has 4 nitrogen and oxygen atoms in total. The second-order valence-electron chi connectivity index (χ2n) is 5.47. The van der Waals surface area contributed by atoms with Crippen LogP contribution in [0.5, 0.6) is 0 Å². The van der Waals surface area contributed by atoms with Crippen LogP contribution in [0.25, 0.3) is 0 Å². The second kappa shape index (κ2) is 5.27. The summed E-state index contributed by atoms with van der Waals surface area (Å²) in [5.74, 6) is 0. The van der Waals surface area contributed by atoms with Gasteiger partial charge < -0.3 is 0 Å². The molecular formula is C10H28N4Ta. The van der Waals surface area contributed by atoms with Crippen molar-refractivity contribution < 1.29 is 18.2 Å². The molecule has 0 aliphatic carbocycles. The molecule has 0 saturated carbocycles. The van der Waals surface area contributed by atoms with Crippen LogP contribution in [0.4, 0.5) is 0 Å². The van der Waals surface area contributed by atoms with Crippen LogP contribution in [0.15, 0.2) is 0 Å². The summed E-state index contributed by atoms with van der Waals surface area (Å²) in [6.07, 6.45) is 0. The Hall–Kier alpha value is 0.580. The van der Waals surface area contributed by atoms with Gasteiger partial charge in [0, 0.05) is 0 Å². The fourth-order valence-electron chi connectivity index (χ4n) is 1.82. The first-order valence-corrected chi connectivity index (χ1v) is 11.2. The molecule has 0 spiro atoms. The predicted octanol–water partition coefficient (Wildman–Crippen LogP) is 0.873. The molecule has 0 radical (unpaired) electrons. The summed E-state index contributed by atoms with van der Waals surface area (Å²) in [4.78, 5) is 0. The Balaban J connectivity index is 5.15. The van der Waals surface area contributed by atoms with Crippen molar-refractivity contribution in [3.05, 3.63) is 0 Å². The van der Waals surface area contributed by atoms with Crippen molar-refractivity contribution in [2.24, 2.45) is 0 Å². The molecule has 0 fully saturated rings. The summed E-state index contributed by atoms with van der Waals surface area (Å²) in [5.41, 5.74) is 0.150. The van der Waals surface area contributed by atoms with Gasteiger partial charge in [0.2, 0.25) is 0 Å². The van der Waals surface area contributed by atoms with Gasteiger partial charge in [0.05, 0.1) is 0 Å².